The molecule has 0 bridgehead atoms. The quantitative estimate of drug-likeness (QED) is 0.792. The highest BCUT2D eigenvalue weighted by molar-refractivity contribution is 5.67. The average Bonchev–Trinajstić information content (AvgIpc) is 2.41. The molecule has 0 aliphatic heterocycles. The topological polar surface area (TPSA) is 59.6 Å². The van der Waals surface area contributed by atoms with Crippen LogP contribution in [0.4, 0.5) is 4.79 Å². The summed E-state index contributed by atoms with van der Waals surface area (Å²) in [5.41, 5.74) is 0.625. The fraction of sp³-hybridized carbons (Fsp3) is 0.562. The van der Waals surface area contributed by atoms with Gasteiger partial charge in [-0.15, -0.1) is 0 Å². The van der Waals surface area contributed by atoms with E-state index in [1.54, 1.807) is 7.11 Å². The molecule has 2 N–H and O–H groups in total. The first-order valence-corrected chi connectivity index (χ1v) is 7.16. The van der Waals surface area contributed by atoms with Crippen LogP contribution in [0, 0.1) is 0 Å². The van der Waals surface area contributed by atoms with E-state index in [9.17, 15) is 4.79 Å². The van der Waals surface area contributed by atoms with Crippen molar-refractivity contribution in [3.63, 3.8) is 0 Å². The van der Waals surface area contributed by atoms with Crippen LogP contribution < -0.4 is 15.4 Å². The molecule has 0 radical (unpaired) electrons. The van der Waals surface area contributed by atoms with Crippen LogP contribution in [0.5, 0.6) is 5.75 Å². The summed E-state index contributed by atoms with van der Waals surface area (Å²) in [6, 6.07) is 8.03. The Labute approximate surface area is 127 Å². The maximum Gasteiger partial charge on any atom is 0.407 e. The highest BCUT2D eigenvalue weighted by Gasteiger charge is 2.15. The molecule has 5 heteroatoms. The molecule has 0 fully saturated rings. The van der Waals surface area contributed by atoms with Gasteiger partial charge in [0.1, 0.15) is 11.4 Å². The minimum Gasteiger partial charge on any atom is -0.496 e. The Morgan fingerprint density at radius 3 is 2.52 bits per heavy atom. The number of carbonyl (C=O) groups is 1. The van der Waals surface area contributed by atoms with Gasteiger partial charge in [0, 0.05) is 24.7 Å². The number of para-hydroxylation sites is 1. The van der Waals surface area contributed by atoms with Gasteiger partial charge in [-0.3, -0.25) is 0 Å². The minimum absolute atomic E-state index is 0.140. The Balaban J connectivity index is 2.34. The van der Waals surface area contributed by atoms with Crippen molar-refractivity contribution < 1.29 is 14.3 Å². The largest absolute Gasteiger partial charge is 0.496 e. The van der Waals surface area contributed by atoms with Gasteiger partial charge in [-0.1, -0.05) is 18.2 Å². The van der Waals surface area contributed by atoms with E-state index in [0.717, 1.165) is 11.3 Å². The molecule has 1 aromatic carbocycles. The highest BCUT2D eigenvalue weighted by Crippen LogP contribution is 2.23. The van der Waals surface area contributed by atoms with Crippen molar-refractivity contribution >= 4 is 6.09 Å². The maximum absolute atomic E-state index is 11.5. The predicted octanol–water partition coefficient (Wildman–Crippen LogP) is 2.87. The standard InChI is InChI=1S/C16H26N2O3/c1-12(13-8-6-7-9-14(13)20-5)17-10-11-18-15(19)21-16(2,3)4/h6-9,12,17H,10-11H2,1-5H3,(H,18,19)/t12-/m1/s1. The Morgan fingerprint density at radius 1 is 1.24 bits per heavy atom. The summed E-state index contributed by atoms with van der Waals surface area (Å²) in [6.45, 7) is 8.75. The molecule has 21 heavy (non-hydrogen) atoms. The monoisotopic (exact) mass is 294 g/mol. The third-order valence-electron chi connectivity index (χ3n) is 2.85. The van der Waals surface area contributed by atoms with E-state index in [2.05, 4.69) is 17.6 Å². The van der Waals surface area contributed by atoms with E-state index in [1.165, 1.54) is 0 Å². The molecule has 0 spiro atoms. The second-order valence-corrected chi connectivity index (χ2v) is 5.85. The van der Waals surface area contributed by atoms with Gasteiger partial charge in [0.25, 0.3) is 0 Å². The molecule has 5 nitrogen and oxygen atoms in total. The third kappa shape index (κ3) is 6.49. The number of hydrogen-bond acceptors (Lipinski definition) is 4. The van der Waals surface area contributed by atoms with Crippen LogP contribution in [0.25, 0.3) is 0 Å². The molecule has 0 aliphatic carbocycles. The number of methoxy groups -OCH3 is 1. The van der Waals surface area contributed by atoms with Crippen molar-refractivity contribution in [1.29, 1.82) is 0 Å². The van der Waals surface area contributed by atoms with Gasteiger partial charge >= 0.3 is 6.09 Å². The van der Waals surface area contributed by atoms with Crippen molar-refractivity contribution in [2.75, 3.05) is 20.2 Å². The minimum atomic E-state index is -0.470. The molecule has 118 valence electrons. The van der Waals surface area contributed by atoms with Crippen molar-refractivity contribution in [1.82, 2.24) is 10.6 Å². The Hall–Kier alpha value is -1.75. The van der Waals surface area contributed by atoms with E-state index in [1.807, 2.05) is 45.0 Å². The average molecular weight is 294 g/mol. The van der Waals surface area contributed by atoms with Gasteiger partial charge in [-0.25, -0.2) is 4.79 Å². The van der Waals surface area contributed by atoms with Crippen LogP contribution >= 0.6 is 0 Å². The second-order valence-electron chi connectivity index (χ2n) is 5.85. The van der Waals surface area contributed by atoms with Crippen LogP contribution in [-0.4, -0.2) is 31.9 Å². The van der Waals surface area contributed by atoms with Gasteiger partial charge in [0.05, 0.1) is 7.11 Å². The lowest BCUT2D eigenvalue weighted by molar-refractivity contribution is 0.0528. The molecule has 1 rings (SSSR count). The number of alkyl carbamates (subject to hydrolysis) is 1. The maximum atomic E-state index is 11.5. The van der Waals surface area contributed by atoms with Gasteiger partial charge in [-0.05, 0) is 33.8 Å². The summed E-state index contributed by atoms with van der Waals surface area (Å²) in [7, 11) is 1.66. The van der Waals surface area contributed by atoms with Crippen molar-refractivity contribution in [3.8, 4) is 5.75 Å². The number of hydrogen-bond donors (Lipinski definition) is 2. The van der Waals surface area contributed by atoms with E-state index in [-0.39, 0.29) is 6.04 Å². The van der Waals surface area contributed by atoms with E-state index in [4.69, 9.17) is 9.47 Å². The molecular formula is C16H26N2O3. The fourth-order valence-corrected chi connectivity index (χ4v) is 1.90. The van der Waals surface area contributed by atoms with E-state index in [0.29, 0.717) is 13.1 Å². The van der Waals surface area contributed by atoms with Crippen LogP contribution in [0.3, 0.4) is 0 Å². The van der Waals surface area contributed by atoms with Crippen LogP contribution in [0.1, 0.15) is 39.3 Å². The fourth-order valence-electron chi connectivity index (χ4n) is 1.90. The summed E-state index contributed by atoms with van der Waals surface area (Å²) in [4.78, 5) is 11.5. The molecule has 0 aliphatic rings. The molecule has 0 aromatic heterocycles. The Morgan fingerprint density at radius 2 is 1.90 bits per heavy atom. The molecule has 1 aromatic rings. The van der Waals surface area contributed by atoms with Crippen LogP contribution in [-0.2, 0) is 4.74 Å². The number of amides is 1. The van der Waals surface area contributed by atoms with Gasteiger partial charge < -0.3 is 20.1 Å². The SMILES string of the molecule is COc1ccccc1[C@@H](C)NCCNC(=O)OC(C)(C)C. The molecule has 1 atom stereocenters. The zero-order chi connectivity index (χ0) is 15.9. The predicted molar refractivity (Wildman–Crippen MR) is 83.6 cm³/mol. The number of nitrogens with one attached hydrogen (secondary N) is 2. The lowest BCUT2D eigenvalue weighted by atomic mass is 10.1. The summed E-state index contributed by atoms with van der Waals surface area (Å²) in [5, 5.41) is 6.06. The highest BCUT2D eigenvalue weighted by atomic mass is 16.6. The summed E-state index contributed by atoms with van der Waals surface area (Å²) >= 11 is 0. The second kappa shape index (κ2) is 7.88. The lowest BCUT2D eigenvalue weighted by Gasteiger charge is -2.20. The van der Waals surface area contributed by atoms with Crippen LogP contribution in [0.15, 0.2) is 24.3 Å². The zero-order valence-corrected chi connectivity index (χ0v) is 13.5. The van der Waals surface area contributed by atoms with Crippen molar-refractivity contribution in [2.24, 2.45) is 0 Å². The van der Waals surface area contributed by atoms with Crippen molar-refractivity contribution in [2.45, 2.75) is 39.3 Å². The van der Waals surface area contributed by atoms with Gasteiger partial charge in [-0.2, -0.15) is 0 Å². The van der Waals surface area contributed by atoms with Gasteiger partial charge in [0.15, 0.2) is 0 Å². The molecule has 0 saturated carbocycles. The van der Waals surface area contributed by atoms with Crippen molar-refractivity contribution in [3.05, 3.63) is 29.8 Å². The summed E-state index contributed by atoms with van der Waals surface area (Å²) < 4.78 is 10.5. The number of rotatable bonds is 6. The molecular weight excluding hydrogens is 268 g/mol. The van der Waals surface area contributed by atoms with E-state index >= 15 is 0 Å². The lowest BCUT2D eigenvalue weighted by Crippen LogP contribution is -2.36. The normalized spacial score (nSPS) is 12.6. The smallest absolute Gasteiger partial charge is 0.407 e. The Bertz CT molecular complexity index is 455. The number of carbonyl (C=O) groups excluding carboxylic acids is 1. The molecule has 1 amide bonds. The van der Waals surface area contributed by atoms with Gasteiger partial charge in [0.2, 0.25) is 0 Å². The third-order valence-corrected chi connectivity index (χ3v) is 2.85. The Kier molecular flexibility index (Phi) is 6.49. The first-order valence-electron chi connectivity index (χ1n) is 7.16. The zero-order valence-electron chi connectivity index (χ0n) is 13.5. The first-order chi connectivity index (χ1) is 9.83. The summed E-state index contributed by atoms with van der Waals surface area (Å²) in [5.74, 6) is 0.859. The van der Waals surface area contributed by atoms with Crippen LogP contribution in [0.2, 0.25) is 0 Å². The first kappa shape index (κ1) is 17.3. The molecule has 0 heterocycles. The summed E-state index contributed by atoms with van der Waals surface area (Å²) in [6.07, 6.45) is -0.394. The molecule has 0 unspecified atom stereocenters. The number of benzene rings is 1. The molecule has 0 saturated heterocycles. The number of ether oxygens (including phenoxy) is 2. The van der Waals surface area contributed by atoms with E-state index < -0.39 is 11.7 Å².